The Morgan fingerprint density at radius 2 is 2.39 bits per heavy atom. The van der Waals surface area contributed by atoms with E-state index >= 15 is 0 Å². The van der Waals surface area contributed by atoms with Gasteiger partial charge in [-0.3, -0.25) is 4.79 Å². The van der Waals surface area contributed by atoms with E-state index in [0.29, 0.717) is 12.5 Å². The largest absolute Gasteiger partial charge is 0.507 e. The van der Waals surface area contributed by atoms with Gasteiger partial charge in [0.2, 0.25) is 0 Å². The summed E-state index contributed by atoms with van der Waals surface area (Å²) in [5.74, 6) is -0.789. The summed E-state index contributed by atoms with van der Waals surface area (Å²) in [4.78, 5) is 11.7. The maximum Gasteiger partial charge on any atom is 0.255 e. The van der Waals surface area contributed by atoms with E-state index in [0.717, 1.165) is 38.2 Å². The SMILES string of the molecule is O=C(NCC[C@H]1CCOC1)c1ccc(F)cc1O. The molecule has 1 heterocycles. The van der Waals surface area contributed by atoms with Crippen molar-refractivity contribution in [3.8, 4) is 5.75 Å². The van der Waals surface area contributed by atoms with Crippen LogP contribution in [0.5, 0.6) is 5.75 Å². The summed E-state index contributed by atoms with van der Waals surface area (Å²) in [5, 5.41) is 12.2. The molecular formula is C13H16FNO3. The number of aromatic hydroxyl groups is 1. The first-order valence-electron chi connectivity index (χ1n) is 6.01. The van der Waals surface area contributed by atoms with Crippen molar-refractivity contribution in [3.05, 3.63) is 29.6 Å². The van der Waals surface area contributed by atoms with E-state index in [9.17, 15) is 14.3 Å². The quantitative estimate of drug-likeness (QED) is 0.858. The van der Waals surface area contributed by atoms with Crippen LogP contribution in [0.15, 0.2) is 18.2 Å². The molecule has 0 spiro atoms. The van der Waals surface area contributed by atoms with Crippen molar-refractivity contribution >= 4 is 5.91 Å². The average Bonchev–Trinajstić information content (AvgIpc) is 2.81. The molecule has 0 aromatic heterocycles. The molecule has 98 valence electrons. The van der Waals surface area contributed by atoms with Gasteiger partial charge in [0.05, 0.1) is 5.56 Å². The standard InChI is InChI=1S/C13H16FNO3/c14-10-1-2-11(12(16)7-10)13(17)15-5-3-9-4-6-18-8-9/h1-2,7,9,16H,3-6,8H2,(H,15,17)/t9-/m0/s1. The minimum Gasteiger partial charge on any atom is -0.507 e. The lowest BCUT2D eigenvalue weighted by molar-refractivity contribution is 0.0947. The number of halogens is 1. The van der Waals surface area contributed by atoms with Gasteiger partial charge in [0.15, 0.2) is 0 Å². The van der Waals surface area contributed by atoms with Crippen molar-refractivity contribution in [1.82, 2.24) is 5.32 Å². The summed E-state index contributed by atoms with van der Waals surface area (Å²) in [5.41, 5.74) is 0.0964. The molecule has 1 aromatic rings. The smallest absolute Gasteiger partial charge is 0.255 e. The number of hydrogen-bond acceptors (Lipinski definition) is 3. The molecule has 5 heteroatoms. The molecule has 0 unspecified atom stereocenters. The third-order valence-electron chi connectivity index (χ3n) is 3.07. The number of amides is 1. The highest BCUT2D eigenvalue weighted by atomic mass is 19.1. The van der Waals surface area contributed by atoms with Crippen LogP contribution < -0.4 is 5.32 Å². The molecule has 1 aliphatic rings. The molecule has 1 aliphatic heterocycles. The third kappa shape index (κ3) is 3.20. The summed E-state index contributed by atoms with van der Waals surface area (Å²) >= 11 is 0. The molecule has 18 heavy (non-hydrogen) atoms. The van der Waals surface area contributed by atoms with E-state index in [1.165, 1.54) is 6.07 Å². The molecule has 2 rings (SSSR count). The number of nitrogens with one attached hydrogen (secondary N) is 1. The predicted molar refractivity (Wildman–Crippen MR) is 63.9 cm³/mol. The van der Waals surface area contributed by atoms with Gasteiger partial charge in [-0.15, -0.1) is 0 Å². The van der Waals surface area contributed by atoms with E-state index in [1.54, 1.807) is 0 Å². The van der Waals surface area contributed by atoms with Gasteiger partial charge in [-0.2, -0.15) is 0 Å². The number of benzene rings is 1. The first-order valence-corrected chi connectivity index (χ1v) is 6.01. The Morgan fingerprint density at radius 3 is 3.06 bits per heavy atom. The van der Waals surface area contributed by atoms with Crippen LogP contribution >= 0.6 is 0 Å². The molecule has 1 atom stereocenters. The molecule has 1 fully saturated rings. The molecule has 0 aliphatic carbocycles. The van der Waals surface area contributed by atoms with Gasteiger partial charge in [0, 0.05) is 25.8 Å². The Labute approximate surface area is 105 Å². The molecule has 0 saturated carbocycles. The molecule has 4 nitrogen and oxygen atoms in total. The number of phenolic OH excluding ortho intramolecular Hbond substituents is 1. The van der Waals surface area contributed by atoms with E-state index in [1.807, 2.05) is 0 Å². The molecule has 1 amide bonds. The minimum atomic E-state index is -0.563. The lowest BCUT2D eigenvalue weighted by Crippen LogP contribution is -2.26. The van der Waals surface area contributed by atoms with Gasteiger partial charge in [-0.05, 0) is 30.9 Å². The van der Waals surface area contributed by atoms with Crippen LogP contribution in [0.25, 0.3) is 0 Å². The molecular weight excluding hydrogens is 237 g/mol. The van der Waals surface area contributed by atoms with Crippen molar-refractivity contribution in [2.45, 2.75) is 12.8 Å². The molecule has 0 bridgehead atoms. The number of phenols is 1. The van der Waals surface area contributed by atoms with E-state index < -0.39 is 5.82 Å². The van der Waals surface area contributed by atoms with Gasteiger partial charge in [-0.1, -0.05) is 0 Å². The lowest BCUT2D eigenvalue weighted by atomic mass is 10.1. The van der Waals surface area contributed by atoms with Gasteiger partial charge in [0.1, 0.15) is 11.6 Å². The second-order valence-electron chi connectivity index (χ2n) is 4.44. The second-order valence-corrected chi connectivity index (χ2v) is 4.44. The van der Waals surface area contributed by atoms with Crippen LogP contribution in [-0.4, -0.2) is 30.8 Å². The first-order chi connectivity index (χ1) is 8.66. The van der Waals surface area contributed by atoms with E-state index in [-0.39, 0.29) is 17.2 Å². The third-order valence-corrected chi connectivity index (χ3v) is 3.07. The Bertz CT molecular complexity index is 430. The zero-order chi connectivity index (χ0) is 13.0. The number of ether oxygens (including phenoxy) is 1. The van der Waals surface area contributed by atoms with Crippen LogP contribution in [-0.2, 0) is 4.74 Å². The Balaban J connectivity index is 1.83. The summed E-state index contributed by atoms with van der Waals surface area (Å²) in [6, 6.07) is 3.36. The number of hydrogen-bond donors (Lipinski definition) is 2. The van der Waals surface area contributed by atoms with Crippen molar-refractivity contribution in [3.63, 3.8) is 0 Å². The zero-order valence-electron chi connectivity index (χ0n) is 9.99. The summed E-state index contributed by atoms with van der Waals surface area (Å²) in [6.07, 6.45) is 1.88. The second kappa shape index (κ2) is 5.82. The van der Waals surface area contributed by atoms with E-state index in [2.05, 4.69) is 5.32 Å². The monoisotopic (exact) mass is 253 g/mol. The molecule has 1 aromatic carbocycles. The van der Waals surface area contributed by atoms with Crippen LogP contribution in [0.1, 0.15) is 23.2 Å². The first kappa shape index (κ1) is 12.8. The maximum atomic E-state index is 12.8. The Hall–Kier alpha value is -1.62. The normalized spacial score (nSPS) is 18.8. The fraction of sp³-hybridized carbons (Fsp3) is 0.462. The molecule has 0 radical (unpaired) electrons. The van der Waals surface area contributed by atoms with Crippen LogP contribution in [0.4, 0.5) is 4.39 Å². The number of rotatable bonds is 4. The minimum absolute atomic E-state index is 0.0964. The summed E-state index contributed by atoms with van der Waals surface area (Å²) in [7, 11) is 0. The summed E-state index contributed by atoms with van der Waals surface area (Å²) in [6.45, 7) is 2.07. The topological polar surface area (TPSA) is 58.6 Å². The average molecular weight is 253 g/mol. The lowest BCUT2D eigenvalue weighted by Gasteiger charge is -2.09. The maximum absolute atomic E-state index is 12.8. The number of carbonyl (C=O) groups is 1. The van der Waals surface area contributed by atoms with Crippen molar-refractivity contribution < 1.29 is 19.0 Å². The van der Waals surface area contributed by atoms with Gasteiger partial charge in [0.25, 0.3) is 5.91 Å². The van der Waals surface area contributed by atoms with Gasteiger partial charge < -0.3 is 15.2 Å². The highest BCUT2D eigenvalue weighted by molar-refractivity contribution is 5.96. The Kier molecular flexibility index (Phi) is 4.15. The van der Waals surface area contributed by atoms with E-state index in [4.69, 9.17) is 4.74 Å². The van der Waals surface area contributed by atoms with Crippen LogP contribution in [0.3, 0.4) is 0 Å². The fourth-order valence-electron chi connectivity index (χ4n) is 1.99. The van der Waals surface area contributed by atoms with Crippen LogP contribution in [0, 0.1) is 11.7 Å². The summed E-state index contributed by atoms with van der Waals surface area (Å²) < 4.78 is 18.0. The number of carbonyl (C=O) groups excluding carboxylic acids is 1. The molecule has 1 saturated heterocycles. The van der Waals surface area contributed by atoms with Crippen molar-refractivity contribution in [1.29, 1.82) is 0 Å². The van der Waals surface area contributed by atoms with Crippen molar-refractivity contribution in [2.75, 3.05) is 19.8 Å². The Morgan fingerprint density at radius 1 is 1.56 bits per heavy atom. The van der Waals surface area contributed by atoms with Crippen molar-refractivity contribution in [2.24, 2.45) is 5.92 Å². The highest BCUT2D eigenvalue weighted by Gasteiger charge is 2.16. The predicted octanol–water partition coefficient (Wildman–Crippen LogP) is 1.69. The molecule has 2 N–H and O–H groups in total. The van der Waals surface area contributed by atoms with Gasteiger partial charge in [-0.25, -0.2) is 4.39 Å². The zero-order valence-corrected chi connectivity index (χ0v) is 9.99. The van der Waals surface area contributed by atoms with Crippen LogP contribution in [0.2, 0.25) is 0 Å². The fourth-order valence-corrected chi connectivity index (χ4v) is 1.99. The highest BCUT2D eigenvalue weighted by Crippen LogP contribution is 2.18. The van der Waals surface area contributed by atoms with Gasteiger partial charge >= 0.3 is 0 Å².